The zero-order valence-corrected chi connectivity index (χ0v) is 22.5. The molecule has 0 bridgehead atoms. The summed E-state index contributed by atoms with van der Waals surface area (Å²) in [6.07, 6.45) is 0. The van der Waals surface area contributed by atoms with E-state index in [1.165, 1.54) is 37.3 Å². The summed E-state index contributed by atoms with van der Waals surface area (Å²) in [4.78, 5) is 30.3. The summed E-state index contributed by atoms with van der Waals surface area (Å²) in [6, 6.07) is 6.62. The van der Waals surface area contributed by atoms with E-state index >= 15 is 0 Å². The van der Waals surface area contributed by atoms with Gasteiger partial charge in [0.25, 0.3) is 11.7 Å². The fourth-order valence-corrected chi connectivity index (χ4v) is 4.64. The van der Waals surface area contributed by atoms with Crippen LogP contribution in [0.15, 0.2) is 35.9 Å². The number of ether oxygens (including phenoxy) is 3. The van der Waals surface area contributed by atoms with Gasteiger partial charge in [-0.25, -0.2) is 0 Å². The highest BCUT2D eigenvalue weighted by molar-refractivity contribution is 6.46. The number of likely N-dealkylation sites (tertiary alicyclic amines) is 1. The van der Waals surface area contributed by atoms with E-state index in [2.05, 4.69) is 4.90 Å². The first-order chi connectivity index (χ1) is 17.7. The van der Waals surface area contributed by atoms with Crippen LogP contribution in [0.25, 0.3) is 5.76 Å². The molecule has 37 heavy (non-hydrogen) atoms. The number of phenols is 1. The van der Waals surface area contributed by atoms with E-state index in [0.29, 0.717) is 18.7 Å². The zero-order valence-electron chi connectivity index (χ0n) is 21.7. The average molecular weight is 533 g/mol. The van der Waals surface area contributed by atoms with Crippen molar-refractivity contribution in [1.82, 2.24) is 9.80 Å². The Kier molecular flexibility index (Phi) is 9.29. The highest BCUT2D eigenvalue weighted by Crippen LogP contribution is 2.44. The predicted octanol–water partition coefficient (Wildman–Crippen LogP) is 4.23. The highest BCUT2D eigenvalue weighted by atomic mass is 35.5. The molecule has 0 aromatic heterocycles. The van der Waals surface area contributed by atoms with Gasteiger partial charge >= 0.3 is 0 Å². The van der Waals surface area contributed by atoms with Crippen LogP contribution in [-0.2, 0) is 9.59 Å². The monoisotopic (exact) mass is 532 g/mol. The van der Waals surface area contributed by atoms with Crippen LogP contribution in [0.3, 0.4) is 0 Å². The summed E-state index contributed by atoms with van der Waals surface area (Å²) in [5.74, 6) is -1.38. The Balaban J connectivity index is 2.24. The number of benzene rings is 2. The molecule has 1 aliphatic rings. The zero-order chi connectivity index (χ0) is 27.3. The lowest BCUT2D eigenvalue weighted by Gasteiger charge is -2.28. The van der Waals surface area contributed by atoms with Crippen LogP contribution in [0.2, 0.25) is 5.02 Å². The molecule has 10 heteroatoms. The standard InChI is InChI=1S/C27H33ClN2O7/c1-6-29(7-2)11-12-30-24(16-9-10-19(31)22(13-16)37-8-3)23(26(33)27(30)34)25(32)17-14-21(36-5)18(28)15-20(17)35-4/h9-10,13-15,24,31-32H,6-8,11-12H2,1-5H3/b25-23+. The Morgan fingerprint density at radius 1 is 1.03 bits per heavy atom. The number of rotatable bonds is 11. The Hall–Kier alpha value is -3.43. The van der Waals surface area contributed by atoms with E-state index in [9.17, 15) is 19.8 Å². The number of phenolic OH excluding ortho intramolecular Hbond substituents is 1. The molecule has 1 atom stereocenters. The number of aliphatic hydroxyl groups excluding tert-OH is 1. The van der Waals surface area contributed by atoms with Gasteiger partial charge in [0.15, 0.2) is 11.5 Å². The first kappa shape index (κ1) is 28.1. The molecule has 2 aromatic carbocycles. The van der Waals surface area contributed by atoms with E-state index in [4.69, 9.17) is 25.8 Å². The number of amides is 1. The number of carbonyl (C=O) groups is 2. The van der Waals surface area contributed by atoms with Gasteiger partial charge in [-0.1, -0.05) is 31.5 Å². The average Bonchev–Trinajstić information content (AvgIpc) is 3.15. The molecule has 2 aromatic rings. The third-order valence-electron chi connectivity index (χ3n) is 6.42. The number of carbonyl (C=O) groups excluding carboxylic acids is 2. The topological polar surface area (TPSA) is 109 Å². The summed E-state index contributed by atoms with van der Waals surface area (Å²) in [6.45, 7) is 8.46. The summed E-state index contributed by atoms with van der Waals surface area (Å²) >= 11 is 6.23. The van der Waals surface area contributed by atoms with E-state index in [1.807, 2.05) is 13.8 Å². The maximum absolute atomic E-state index is 13.4. The number of nitrogens with zero attached hydrogens (tertiary/aromatic N) is 2. The maximum Gasteiger partial charge on any atom is 0.295 e. The molecule has 2 N–H and O–H groups in total. The van der Waals surface area contributed by atoms with Crippen LogP contribution in [-0.4, -0.2) is 78.7 Å². The number of methoxy groups -OCH3 is 2. The van der Waals surface area contributed by atoms with Crippen LogP contribution < -0.4 is 14.2 Å². The molecule has 1 fully saturated rings. The van der Waals surface area contributed by atoms with Crippen molar-refractivity contribution in [2.45, 2.75) is 26.8 Å². The molecule has 1 aliphatic heterocycles. The van der Waals surface area contributed by atoms with Crippen molar-refractivity contribution in [2.75, 3.05) is 47.0 Å². The Morgan fingerprint density at radius 2 is 1.70 bits per heavy atom. The molecule has 1 saturated heterocycles. The Labute approximate surface area is 221 Å². The first-order valence-corrected chi connectivity index (χ1v) is 12.5. The lowest BCUT2D eigenvalue weighted by atomic mass is 9.94. The van der Waals surface area contributed by atoms with Crippen LogP contribution >= 0.6 is 11.6 Å². The van der Waals surface area contributed by atoms with Crippen molar-refractivity contribution in [3.05, 3.63) is 52.1 Å². The normalized spacial score (nSPS) is 16.9. The Morgan fingerprint density at radius 3 is 2.30 bits per heavy atom. The van der Waals surface area contributed by atoms with Crippen LogP contribution in [0.5, 0.6) is 23.0 Å². The number of hydrogen-bond donors (Lipinski definition) is 2. The number of aliphatic hydroxyl groups is 1. The molecular formula is C27H33ClN2O7. The van der Waals surface area contributed by atoms with Crippen LogP contribution in [0, 0.1) is 0 Å². The second-order valence-corrected chi connectivity index (χ2v) is 8.77. The molecular weight excluding hydrogens is 500 g/mol. The molecule has 3 rings (SSSR count). The third-order valence-corrected chi connectivity index (χ3v) is 6.72. The van der Waals surface area contributed by atoms with E-state index in [0.717, 1.165) is 13.1 Å². The van der Waals surface area contributed by atoms with Crippen molar-refractivity contribution in [1.29, 1.82) is 0 Å². The SMILES string of the molecule is CCOc1cc(C2/C(=C(\O)c3cc(OC)c(Cl)cc3OC)C(=O)C(=O)N2CCN(CC)CC)ccc1O. The molecule has 0 aliphatic carbocycles. The van der Waals surface area contributed by atoms with Gasteiger partial charge in [-0.05, 0) is 43.8 Å². The van der Waals surface area contributed by atoms with Gasteiger partial charge in [0, 0.05) is 19.2 Å². The summed E-state index contributed by atoms with van der Waals surface area (Å²) in [7, 11) is 2.83. The van der Waals surface area contributed by atoms with Gasteiger partial charge < -0.3 is 34.2 Å². The molecule has 0 spiro atoms. The van der Waals surface area contributed by atoms with Crippen LogP contribution in [0.4, 0.5) is 0 Å². The van der Waals surface area contributed by atoms with E-state index in [1.54, 1.807) is 19.1 Å². The summed E-state index contributed by atoms with van der Waals surface area (Å²) in [5.41, 5.74) is 0.543. The summed E-state index contributed by atoms with van der Waals surface area (Å²) < 4.78 is 16.2. The third kappa shape index (κ3) is 5.62. The number of hydrogen-bond acceptors (Lipinski definition) is 8. The van der Waals surface area contributed by atoms with E-state index in [-0.39, 0.29) is 45.7 Å². The largest absolute Gasteiger partial charge is 0.507 e. The molecule has 1 heterocycles. The minimum Gasteiger partial charge on any atom is -0.507 e. The number of Topliss-reactive ketones (excluding diaryl/α,β-unsaturated/α-hetero) is 1. The number of halogens is 1. The van der Waals surface area contributed by atoms with Crippen molar-refractivity contribution >= 4 is 29.1 Å². The lowest BCUT2D eigenvalue weighted by Crippen LogP contribution is -2.38. The van der Waals surface area contributed by atoms with E-state index < -0.39 is 23.5 Å². The van der Waals surface area contributed by atoms with Crippen molar-refractivity contribution < 1.29 is 34.0 Å². The van der Waals surface area contributed by atoms with Gasteiger partial charge in [-0.2, -0.15) is 0 Å². The molecule has 1 amide bonds. The van der Waals surface area contributed by atoms with Crippen molar-refractivity contribution in [2.24, 2.45) is 0 Å². The molecule has 9 nitrogen and oxygen atoms in total. The lowest BCUT2D eigenvalue weighted by molar-refractivity contribution is -0.140. The quantitative estimate of drug-likeness (QED) is 0.251. The van der Waals surface area contributed by atoms with Gasteiger partial charge in [-0.3, -0.25) is 9.59 Å². The molecule has 0 saturated carbocycles. The fraction of sp³-hybridized carbons (Fsp3) is 0.407. The van der Waals surface area contributed by atoms with Crippen molar-refractivity contribution in [3.63, 3.8) is 0 Å². The highest BCUT2D eigenvalue weighted by Gasteiger charge is 2.46. The second kappa shape index (κ2) is 12.2. The minimum atomic E-state index is -0.929. The minimum absolute atomic E-state index is 0.0743. The number of likely N-dealkylation sites (N-methyl/N-ethyl adjacent to an activating group) is 1. The second-order valence-electron chi connectivity index (χ2n) is 8.37. The van der Waals surface area contributed by atoms with Gasteiger partial charge in [-0.15, -0.1) is 0 Å². The van der Waals surface area contributed by atoms with Gasteiger partial charge in [0.1, 0.15) is 17.3 Å². The fourth-order valence-electron chi connectivity index (χ4n) is 4.41. The Bertz CT molecular complexity index is 1190. The number of aromatic hydroxyl groups is 1. The molecule has 0 radical (unpaired) electrons. The molecule has 200 valence electrons. The smallest absolute Gasteiger partial charge is 0.295 e. The predicted molar refractivity (Wildman–Crippen MR) is 141 cm³/mol. The maximum atomic E-state index is 13.4. The van der Waals surface area contributed by atoms with Crippen LogP contribution in [0.1, 0.15) is 37.9 Å². The first-order valence-electron chi connectivity index (χ1n) is 12.1. The molecule has 1 unspecified atom stereocenters. The van der Waals surface area contributed by atoms with Gasteiger partial charge in [0.05, 0.1) is 43.0 Å². The van der Waals surface area contributed by atoms with Crippen molar-refractivity contribution in [3.8, 4) is 23.0 Å². The number of ketones is 1. The van der Waals surface area contributed by atoms with Gasteiger partial charge in [0.2, 0.25) is 0 Å². The summed E-state index contributed by atoms with van der Waals surface area (Å²) in [5, 5.41) is 22.0.